The molecule has 0 spiro atoms. The summed E-state index contributed by atoms with van der Waals surface area (Å²) >= 11 is 1.21. The van der Waals surface area contributed by atoms with Crippen LogP contribution >= 0.6 is 11.8 Å². The third kappa shape index (κ3) is 7.28. The van der Waals surface area contributed by atoms with Crippen LogP contribution in [0.3, 0.4) is 0 Å². The molecule has 10 nitrogen and oxygen atoms in total. The van der Waals surface area contributed by atoms with Crippen molar-refractivity contribution in [2.75, 3.05) is 35.0 Å². The predicted molar refractivity (Wildman–Crippen MR) is 169 cm³/mol. The number of aromatic nitrogens is 3. The van der Waals surface area contributed by atoms with Crippen LogP contribution in [0.2, 0.25) is 0 Å². The number of carbonyl (C=O) groups excluding carboxylic acids is 2. The van der Waals surface area contributed by atoms with Gasteiger partial charge in [0, 0.05) is 31.0 Å². The number of amides is 3. The standard InChI is InChI=1S/C31H30F3N7O3S/c1-18(2)24-12-8-21(39(4)5)15-26(24)41-27(42)16-45-30(41)37-29(43)36-25-13-9-22(14-19(25)3)40-17-35-28(38-40)20-6-10-23(11-7-20)44-31(32,33)34/h6-15,17-18H,16H2,1-5H3,(H,36,43). The van der Waals surface area contributed by atoms with E-state index in [1.54, 1.807) is 18.2 Å². The van der Waals surface area contributed by atoms with E-state index in [0.29, 0.717) is 33.6 Å². The first-order valence-electron chi connectivity index (χ1n) is 13.8. The molecule has 1 aliphatic heterocycles. The van der Waals surface area contributed by atoms with Crippen LogP contribution in [0.5, 0.6) is 5.75 Å². The number of hydrogen-bond acceptors (Lipinski definition) is 7. The Labute approximate surface area is 261 Å². The van der Waals surface area contributed by atoms with E-state index in [4.69, 9.17) is 0 Å². The van der Waals surface area contributed by atoms with Gasteiger partial charge >= 0.3 is 12.4 Å². The van der Waals surface area contributed by atoms with Gasteiger partial charge in [0.05, 0.1) is 17.1 Å². The number of halogens is 3. The fourth-order valence-electron chi connectivity index (χ4n) is 4.66. The zero-order valence-corrected chi connectivity index (χ0v) is 25.9. The lowest BCUT2D eigenvalue weighted by Gasteiger charge is -2.24. The van der Waals surface area contributed by atoms with Gasteiger partial charge in [-0.15, -0.1) is 18.3 Å². The van der Waals surface area contributed by atoms with Gasteiger partial charge < -0.3 is 15.0 Å². The second-order valence-corrected chi connectivity index (χ2v) is 11.7. The van der Waals surface area contributed by atoms with Crippen LogP contribution in [-0.2, 0) is 4.79 Å². The van der Waals surface area contributed by atoms with Crippen LogP contribution in [0.25, 0.3) is 17.1 Å². The summed E-state index contributed by atoms with van der Waals surface area (Å²) in [5.74, 6) is 0.140. The number of nitrogens with one attached hydrogen (secondary N) is 1. The molecule has 0 atom stereocenters. The van der Waals surface area contributed by atoms with E-state index in [-0.39, 0.29) is 23.3 Å². The van der Waals surface area contributed by atoms with Gasteiger partial charge in [0.1, 0.15) is 12.1 Å². The number of hydrogen-bond donors (Lipinski definition) is 1. The maximum absolute atomic E-state index is 13.1. The molecule has 3 aromatic carbocycles. The number of aryl methyl sites for hydroxylation is 1. The lowest BCUT2D eigenvalue weighted by atomic mass is 9.99. The smallest absolute Gasteiger partial charge is 0.406 e. The first-order valence-corrected chi connectivity index (χ1v) is 14.8. The Hall–Kier alpha value is -4.85. The van der Waals surface area contributed by atoms with Gasteiger partial charge in [-0.3, -0.25) is 9.69 Å². The monoisotopic (exact) mass is 637 g/mol. The van der Waals surface area contributed by atoms with Crippen molar-refractivity contribution in [2.24, 2.45) is 4.99 Å². The summed E-state index contributed by atoms with van der Waals surface area (Å²) in [6.45, 7) is 5.91. The summed E-state index contributed by atoms with van der Waals surface area (Å²) in [4.78, 5) is 38.0. The summed E-state index contributed by atoms with van der Waals surface area (Å²) in [6.07, 6.45) is -3.29. The number of rotatable bonds is 7. The number of aliphatic imine (C=N–C) groups is 1. The lowest BCUT2D eigenvalue weighted by Crippen LogP contribution is -2.31. The van der Waals surface area contributed by atoms with Crippen molar-refractivity contribution in [2.45, 2.75) is 33.1 Å². The summed E-state index contributed by atoms with van der Waals surface area (Å²) in [5, 5.41) is 7.53. The molecule has 234 valence electrons. The first kappa shape index (κ1) is 31.6. The van der Waals surface area contributed by atoms with Gasteiger partial charge in [0.2, 0.25) is 5.91 Å². The molecule has 2 heterocycles. The van der Waals surface area contributed by atoms with Gasteiger partial charge in [0.15, 0.2) is 11.0 Å². The Morgan fingerprint density at radius 2 is 1.82 bits per heavy atom. The zero-order chi connectivity index (χ0) is 32.5. The SMILES string of the molecule is Cc1cc(-n2cnc(-c3ccc(OC(F)(F)F)cc3)n2)ccc1NC(=O)N=C1SCC(=O)N1c1cc(N(C)C)ccc1C(C)C. The number of benzene rings is 3. The van der Waals surface area contributed by atoms with Crippen molar-refractivity contribution in [1.29, 1.82) is 0 Å². The van der Waals surface area contributed by atoms with Gasteiger partial charge in [-0.2, -0.15) is 4.99 Å². The van der Waals surface area contributed by atoms with E-state index >= 15 is 0 Å². The summed E-state index contributed by atoms with van der Waals surface area (Å²) in [6, 6.07) is 15.8. The predicted octanol–water partition coefficient (Wildman–Crippen LogP) is 7.00. The Morgan fingerprint density at radius 3 is 2.47 bits per heavy atom. The van der Waals surface area contributed by atoms with Crippen LogP contribution in [0.4, 0.5) is 35.0 Å². The van der Waals surface area contributed by atoms with Crippen molar-refractivity contribution in [3.8, 4) is 22.8 Å². The number of thioether (sulfide) groups is 1. The third-order valence-electron chi connectivity index (χ3n) is 6.91. The molecule has 4 aromatic rings. The van der Waals surface area contributed by atoms with Crippen molar-refractivity contribution in [3.05, 3.63) is 78.1 Å². The third-order valence-corrected chi connectivity index (χ3v) is 7.83. The molecular weight excluding hydrogens is 607 g/mol. The van der Waals surface area contributed by atoms with E-state index in [2.05, 4.69) is 25.1 Å². The van der Waals surface area contributed by atoms with Gasteiger partial charge in [-0.05, 0) is 78.6 Å². The quantitative estimate of drug-likeness (QED) is 0.233. The molecule has 0 radical (unpaired) electrons. The zero-order valence-electron chi connectivity index (χ0n) is 25.1. The van der Waals surface area contributed by atoms with Crippen molar-refractivity contribution in [3.63, 3.8) is 0 Å². The fraction of sp³-hybridized carbons (Fsp3) is 0.258. The van der Waals surface area contributed by atoms with E-state index in [0.717, 1.165) is 16.8 Å². The van der Waals surface area contributed by atoms with Gasteiger partial charge in [-0.25, -0.2) is 14.5 Å². The summed E-state index contributed by atoms with van der Waals surface area (Å²) in [5.41, 5.74) is 5.00. The molecule has 5 rings (SSSR count). The molecule has 14 heteroatoms. The number of alkyl halides is 3. The van der Waals surface area contributed by atoms with Crippen LogP contribution in [0, 0.1) is 6.92 Å². The first-order chi connectivity index (χ1) is 21.3. The minimum atomic E-state index is -4.78. The lowest BCUT2D eigenvalue weighted by molar-refractivity contribution is -0.274. The molecule has 1 fully saturated rings. The average Bonchev–Trinajstić information content (AvgIpc) is 3.60. The number of anilines is 3. The minimum Gasteiger partial charge on any atom is -0.406 e. The largest absolute Gasteiger partial charge is 0.573 e. The van der Waals surface area contributed by atoms with Crippen molar-refractivity contribution in [1.82, 2.24) is 14.8 Å². The summed E-state index contributed by atoms with van der Waals surface area (Å²) < 4.78 is 42.8. The number of urea groups is 1. The Morgan fingerprint density at radius 1 is 1.09 bits per heavy atom. The molecule has 3 amide bonds. The molecule has 1 N–H and O–H groups in total. The van der Waals surface area contributed by atoms with E-state index in [1.807, 2.05) is 58.0 Å². The van der Waals surface area contributed by atoms with Crippen LogP contribution in [0.1, 0.15) is 30.9 Å². The molecule has 45 heavy (non-hydrogen) atoms. The molecule has 1 aliphatic rings. The second-order valence-electron chi connectivity index (χ2n) is 10.7. The van der Waals surface area contributed by atoms with E-state index < -0.39 is 12.4 Å². The Balaban J connectivity index is 1.32. The summed E-state index contributed by atoms with van der Waals surface area (Å²) in [7, 11) is 3.84. The Bertz CT molecular complexity index is 1770. The van der Waals surface area contributed by atoms with Crippen LogP contribution in [0.15, 0.2) is 72.0 Å². The number of carbonyl (C=O) groups is 2. The maximum atomic E-state index is 13.1. The highest BCUT2D eigenvalue weighted by Gasteiger charge is 2.33. The highest BCUT2D eigenvalue weighted by molar-refractivity contribution is 8.15. The second kappa shape index (κ2) is 12.6. The van der Waals surface area contributed by atoms with Gasteiger partial charge in [0.25, 0.3) is 0 Å². The minimum absolute atomic E-state index is 0.144. The molecular formula is C31H30F3N7O3S. The van der Waals surface area contributed by atoms with Crippen LogP contribution < -0.4 is 19.9 Å². The van der Waals surface area contributed by atoms with E-state index in [1.165, 1.54) is 51.9 Å². The molecule has 1 saturated heterocycles. The molecule has 0 saturated carbocycles. The highest BCUT2D eigenvalue weighted by Crippen LogP contribution is 2.36. The maximum Gasteiger partial charge on any atom is 0.573 e. The highest BCUT2D eigenvalue weighted by atomic mass is 32.2. The number of ether oxygens (including phenoxy) is 1. The average molecular weight is 638 g/mol. The van der Waals surface area contributed by atoms with Crippen molar-refractivity contribution < 1.29 is 27.5 Å². The van der Waals surface area contributed by atoms with E-state index in [9.17, 15) is 22.8 Å². The fourth-order valence-corrected chi connectivity index (χ4v) is 5.52. The number of nitrogens with zero attached hydrogens (tertiary/aromatic N) is 6. The normalized spacial score (nSPS) is 14.4. The molecule has 0 bridgehead atoms. The van der Waals surface area contributed by atoms with Crippen molar-refractivity contribution >= 4 is 45.9 Å². The molecule has 0 aliphatic carbocycles. The molecule has 1 aromatic heterocycles. The van der Waals surface area contributed by atoms with Gasteiger partial charge in [-0.1, -0.05) is 31.7 Å². The molecule has 0 unspecified atom stereocenters. The topological polar surface area (TPSA) is 105 Å². The van der Waals surface area contributed by atoms with Crippen LogP contribution in [-0.4, -0.2) is 58.1 Å². The number of amidine groups is 1. The Kier molecular flexibility index (Phi) is 8.87.